The van der Waals surface area contributed by atoms with E-state index in [-0.39, 0.29) is 11.7 Å². The van der Waals surface area contributed by atoms with Gasteiger partial charge in [0.2, 0.25) is 0 Å². The molecule has 1 aromatic heterocycles. The van der Waals surface area contributed by atoms with E-state index in [2.05, 4.69) is 10.3 Å². The zero-order valence-corrected chi connectivity index (χ0v) is 9.64. The Morgan fingerprint density at radius 3 is 2.82 bits per heavy atom. The summed E-state index contributed by atoms with van der Waals surface area (Å²) in [6.45, 7) is 1.79. The molecular weight excluding hydrogens is 218 g/mol. The number of carbonyl (C=O) groups excluding carboxylic acids is 1. The highest BCUT2D eigenvalue weighted by Crippen LogP contribution is 2.21. The first-order valence-corrected chi connectivity index (χ1v) is 5.15. The van der Waals surface area contributed by atoms with Crippen molar-refractivity contribution in [2.24, 2.45) is 7.05 Å². The number of aromatic hydroxyl groups is 1. The fourth-order valence-electron chi connectivity index (χ4n) is 1.46. The number of hydrogen-bond acceptors (Lipinski definition) is 3. The van der Waals surface area contributed by atoms with E-state index in [1.807, 2.05) is 0 Å². The fourth-order valence-corrected chi connectivity index (χ4v) is 1.46. The third-order valence-corrected chi connectivity index (χ3v) is 2.52. The van der Waals surface area contributed by atoms with Gasteiger partial charge in [0.05, 0.1) is 12.5 Å². The molecule has 5 nitrogen and oxygen atoms in total. The van der Waals surface area contributed by atoms with Crippen LogP contribution >= 0.6 is 0 Å². The molecule has 0 atom stereocenters. The lowest BCUT2D eigenvalue weighted by atomic mass is 10.2. The average molecular weight is 231 g/mol. The van der Waals surface area contributed by atoms with Crippen LogP contribution in [0.25, 0.3) is 0 Å². The van der Waals surface area contributed by atoms with E-state index in [0.717, 1.165) is 5.56 Å². The van der Waals surface area contributed by atoms with E-state index in [9.17, 15) is 9.90 Å². The number of hydrogen-bond donors (Lipinski definition) is 2. The second kappa shape index (κ2) is 4.29. The Hall–Kier alpha value is -2.30. The fraction of sp³-hybridized carbons (Fsp3) is 0.167. The van der Waals surface area contributed by atoms with Crippen LogP contribution in [0.1, 0.15) is 16.1 Å². The topological polar surface area (TPSA) is 67.2 Å². The molecular formula is C12H13N3O2. The van der Waals surface area contributed by atoms with Crippen molar-refractivity contribution in [3.8, 4) is 5.75 Å². The number of imidazole rings is 1. The molecule has 88 valence electrons. The van der Waals surface area contributed by atoms with E-state index < -0.39 is 0 Å². The van der Waals surface area contributed by atoms with E-state index >= 15 is 0 Å². The van der Waals surface area contributed by atoms with Crippen molar-refractivity contribution in [3.05, 3.63) is 42.0 Å². The van der Waals surface area contributed by atoms with Gasteiger partial charge in [-0.05, 0) is 18.6 Å². The van der Waals surface area contributed by atoms with E-state index in [4.69, 9.17) is 0 Å². The Labute approximate surface area is 98.7 Å². The molecule has 0 aliphatic heterocycles. The van der Waals surface area contributed by atoms with Gasteiger partial charge in [0.1, 0.15) is 11.4 Å². The number of rotatable bonds is 2. The molecule has 0 aliphatic rings. The van der Waals surface area contributed by atoms with Crippen LogP contribution in [0.5, 0.6) is 5.75 Å². The number of nitrogens with one attached hydrogen (secondary N) is 1. The number of amides is 1. The monoisotopic (exact) mass is 231 g/mol. The lowest BCUT2D eigenvalue weighted by Gasteiger charge is -2.07. The maximum Gasteiger partial charge on any atom is 0.273 e. The van der Waals surface area contributed by atoms with Crippen molar-refractivity contribution in [1.82, 2.24) is 9.55 Å². The van der Waals surface area contributed by atoms with Gasteiger partial charge < -0.3 is 15.0 Å². The predicted octanol–water partition coefficient (Wildman–Crippen LogP) is 1.69. The minimum Gasteiger partial charge on any atom is -0.508 e. The Morgan fingerprint density at radius 1 is 1.47 bits per heavy atom. The van der Waals surface area contributed by atoms with Crippen molar-refractivity contribution in [3.63, 3.8) is 0 Å². The van der Waals surface area contributed by atoms with Gasteiger partial charge in [-0.25, -0.2) is 4.98 Å². The van der Waals surface area contributed by atoms with Gasteiger partial charge in [0, 0.05) is 18.8 Å². The second-order valence-electron chi connectivity index (χ2n) is 3.85. The Bertz CT molecular complexity index is 561. The van der Waals surface area contributed by atoms with Crippen LogP contribution in [0.3, 0.4) is 0 Å². The van der Waals surface area contributed by atoms with Crippen molar-refractivity contribution in [2.75, 3.05) is 5.32 Å². The number of aryl methyl sites for hydroxylation is 2. The SMILES string of the molecule is Cc1ccc(NC(=O)c2cncn2C)cc1O. The summed E-state index contributed by atoms with van der Waals surface area (Å²) in [5.41, 5.74) is 1.79. The molecule has 1 heterocycles. The number of benzene rings is 1. The van der Waals surface area contributed by atoms with E-state index in [1.165, 1.54) is 12.3 Å². The average Bonchev–Trinajstić information content (AvgIpc) is 2.70. The summed E-state index contributed by atoms with van der Waals surface area (Å²) < 4.78 is 1.63. The molecule has 1 aromatic carbocycles. The van der Waals surface area contributed by atoms with Crippen LogP contribution in [-0.2, 0) is 7.05 Å². The number of carbonyl (C=O) groups is 1. The maximum absolute atomic E-state index is 11.8. The van der Waals surface area contributed by atoms with Gasteiger partial charge in [-0.15, -0.1) is 0 Å². The maximum atomic E-state index is 11.8. The second-order valence-corrected chi connectivity index (χ2v) is 3.85. The minimum atomic E-state index is -0.256. The Kier molecular flexibility index (Phi) is 2.82. The normalized spacial score (nSPS) is 10.2. The van der Waals surface area contributed by atoms with Gasteiger partial charge in [-0.1, -0.05) is 6.07 Å². The highest BCUT2D eigenvalue weighted by Gasteiger charge is 2.10. The quantitative estimate of drug-likeness (QED) is 0.826. The van der Waals surface area contributed by atoms with Gasteiger partial charge in [0.15, 0.2) is 0 Å². The van der Waals surface area contributed by atoms with Gasteiger partial charge in [-0.2, -0.15) is 0 Å². The molecule has 0 unspecified atom stereocenters. The first kappa shape index (κ1) is 11.2. The summed E-state index contributed by atoms with van der Waals surface area (Å²) in [6, 6.07) is 5.00. The predicted molar refractivity (Wildman–Crippen MR) is 64.0 cm³/mol. The first-order valence-electron chi connectivity index (χ1n) is 5.15. The van der Waals surface area contributed by atoms with E-state index in [1.54, 1.807) is 37.0 Å². The number of nitrogens with zero attached hydrogens (tertiary/aromatic N) is 2. The molecule has 0 radical (unpaired) electrons. The number of phenolic OH excluding ortho intramolecular Hbond substituents is 1. The van der Waals surface area contributed by atoms with Crippen LogP contribution in [0.4, 0.5) is 5.69 Å². The largest absolute Gasteiger partial charge is 0.508 e. The first-order chi connectivity index (χ1) is 8.08. The lowest BCUT2D eigenvalue weighted by Crippen LogP contribution is -2.15. The molecule has 2 N–H and O–H groups in total. The van der Waals surface area contributed by atoms with Crippen LogP contribution < -0.4 is 5.32 Å². The summed E-state index contributed by atoms with van der Waals surface area (Å²) in [7, 11) is 1.74. The highest BCUT2D eigenvalue weighted by atomic mass is 16.3. The highest BCUT2D eigenvalue weighted by molar-refractivity contribution is 6.03. The van der Waals surface area contributed by atoms with Crippen LogP contribution in [0, 0.1) is 6.92 Å². The number of phenols is 1. The van der Waals surface area contributed by atoms with Crippen molar-refractivity contribution in [2.45, 2.75) is 6.92 Å². The molecule has 17 heavy (non-hydrogen) atoms. The smallest absolute Gasteiger partial charge is 0.273 e. The third kappa shape index (κ3) is 2.28. The minimum absolute atomic E-state index is 0.160. The van der Waals surface area contributed by atoms with Crippen LogP contribution in [0.2, 0.25) is 0 Å². The molecule has 0 saturated heterocycles. The zero-order valence-electron chi connectivity index (χ0n) is 9.64. The number of anilines is 1. The molecule has 0 saturated carbocycles. The van der Waals surface area contributed by atoms with E-state index in [0.29, 0.717) is 11.4 Å². The Balaban J connectivity index is 2.19. The van der Waals surface area contributed by atoms with Gasteiger partial charge in [0.25, 0.3) is 5.91 Å². The summed E-state index contributed by atoms with van der Waals surface area (Å²) in [4.78, 5) is 15.7. The van der Waals surface area contributed by atoms with Crippen LogP contribution in [-0.4, -0.2) is 20.6 Å². The van der Waals surface area contributed by atoms with Gasteiger partial charge >= 0.3 is 0 Å². The molecule has 0 fully saturated rings. The lowest BCUT2D eigenvalue weighted by molar-refractivity contribution is 0.101. The summed E-state index contributed by atoms with van der Waals surface area (Å²) in [5, 5.41) is 12.2. The van der Waals surface area contributed by atoms with Gasteiger partial charge in [-0.3, -0.25) is 4.79 Å². The molecule has 1 amide bonds. The van der Waals surface area contributed by atoms with Crippen molar-refractivity contribution in [1.29, 1.82) is 0 Å². The van der Waals surface area contributed by atoms with Crippen LogP contribution in [0.15, 0.2) is 30.7 Å². The Morgan fingerprint density at radius 2 is 2.24 bits per heavy atom. The molecule has 5 heteroatoms. The summed E-state index contributed by atoms with van der Waals surface area (Å²) in [5.74, 6) is -0.0962. The third-order valence-electron chi connectivity index (χ3n) is 2.52. The van der Waals surface area contributed by atoms with Crippen molar-refractivity contribution >= 4 is 11.6 Å². The van der Waals surface area contributed by atoms with Crippen molar-refractivity contribution < 1.29 is 9.90 Å². The molecule has 2 aromatic rings. The molecule has 2 rings (SSSR count). The molecule has 0 bridgehead atoms. The molecule has 0 spiro atoms. The molecule has 0 aliphatic carbocycles. The summed E-state index contributed by atoms with van der Waals surface area (Å²) in [6.07, 6.45) is 3.05. The standard InChI is InChI=1S/C12H13N3O2/c1-8-3-4-9(5-11(8)16)14-12(17)10-6-13-7-15(10)2/h3-7,16H,1-2H3,(H,14,17). The summed E-state index contributed by atoms with van der Waals surface area (Å²) >= 11 is 0. The zero-order chi connectivity index (χ0) is 12.4. The number of aromatic nitrogens is 2.